The number of hydrogen-bond acceptors (Lipinski definition) is 0. The van der Waals surface area contributed by atoms with Crippen molar-refractivity contribution in [2.45, 2.75) is 64.7 Å². The van der Waals surface area contributed by atoms with Crippen LogP contribution in [-0.4, -0.2) is 10.3 Å². The lowest BCUT2D eigenvalue weighted by molar-refractivity contribution is 0.578. The molecule has 0 radical (unpaired) electrons. The molecule has 0 aliphatic heterocycles. The predicted octanol–water partition coefficient (Wildman–Crippen LogP) is 4.46. The van der Waals surface area contributed by atoms with Crippen molar-refractivity contribution < 1.29 is 0 Å². The molecule has 0 amide bonds. The summed E-state index contributed by atoms with van der Waals surface area (Å²) < 4.78 is 0. The van der Waals surface area contributed by atoms with Crippen LogP contribution in [0.15, 0.2) is 0 Å². The minimum atomic E-state index is 0. The molecule has 0 heterocycles. The monoisotopic (exact) mass is 210 g/mol. The second kappa shape index (κ2) is 5.45. The van der Waals surface area contributed by atoms with E-state index in [4.69, 9.17) is 0 Å². The SMILES string of the molecule is CCC(C)(CC)PC(C)(C)C.Cl. The maximum absolute atomic E-state index is 2.41. The summed E-state index contributed by atoms with van der Waals surface area (Å²) in [5.74, 6) is 0. The summed E-state index contributed by atoms with van der Waals surface area (Å²) in [5, 5.41) is 1.11. The normalized spacial score (nSPS) is 13.5. The van der Waals surface area contributed by atoms with Crippen LogP contribution >= 0.6 is 21.0 Å². The Kier molecular flexibility index (Phi) is 6.91. The minimum Gasteiger partial charge on any atom is -0.147 e. The van der Waals surface area contributed by atoms with Gasteiger partial charge in [0.05, 0.1) is 0 Å². The minimum absolute atomic E-state index is 0. The highest BCUT2D eigenvalue weighted by atomic mass is 35.5. The van der Waals surface area contributed by atoms with E-state index in [0.29, 0.717) is 10.3 Å². The van der Waals surface area contributed by atoms with Crippen molar-refractivity contribution in [1.29, 1.82) is 0 Å². The van der Waals surface area contributed by atoms with Gasteiger partial charge < -0.3 is 0 Å². The van der Waals surface area contributed by atoms with Crippen molar-refractivity contribution in [1.82, 2.24) is 0 Å². The van der Waals surface area contributed by atoms with Crippen LogP contribution in [-0.2, 0) is 0 Å². The van der Waals surface area contributed by atoms with Crippen LogP contribution in [0.2, 0.25) is 0 Å². The average Bonchev–Trinajstić information content (AvgIpc) is 1.84. The van der Waals surface area contributed by atoms with E-state index in [1.165, 1.54) is 12.8 Å². The molecule has 0 aromatic carbocycles. The van der Waals surface area contributed by atoms with Crippen LogP contribution in [0.4, 0.5) is 0 Å². The molecular weight excluding hydrogens is 187 g/mol. The molecule has 0 aromatic rings. The van der Waals surface area contributed by atoms with E-state index in [9.17, 15) is 0 Å². The third-order valence-electron chi connectivity index (χ3n) is 2.24. The molecule has 1 unspecified atom stereocenters. The van der Waals surface area contributed by atoms with Crippen LogP contribution in [0.25, 0.3) is 0 Å². The van der Waals surface area contributed by atoms with Gasteiger partial charge in [-0.3, -0.25) is 0 Å². The van der Waals surface area contributed by atoms with Gasteiger partial charge in [0.25, 0.3) is 0 Å². The molecule has 0 N–H and O–H groups in total. The number of rotatable bonds is 3. The van der Waals surface area contributed by atoms with E-state index in [2.05, 4.69) is 41.5 Å². The summed E-state index contributed by atoms with van der Waals surface area (Å²) in [6.07, 6.45) is 2.64. The highest BCUT2D eigenvalue weighted by Gasteiger charge is 2.25. The van der Waals surface area contributed by atoms with Crippen molar-refractivity contribution in [3.8, 4) is 0 Å². The van der Waals surface area contributed by atoms with E-state index in [1.807, 2.05) is 0 Å². The second-order valence-corrected chi connectivity index (χ2v) is 7.60. The van der Waals surface area contributed by atoms with Crippen molar-refractivity contribution >= 4 is 21.0 Å². The van der Waals surface area contributed by atoms with E-state index in [1.54, 1.807) is 0 Å². The highest BCUT2D eigenvalue weighted by molar-refractivity contribution is 7.41. The van der Waals surface area contributed by atoms with Gasteiger partial charge in [-0.2, -0.15) is 0 Å². The third-order valence-corrected chi connectivity index (χ3v) is 4.30. The fourth-order valence-electron chi connectivity index (χ4n) is 1.33. The van der Waals surface area contributed by atoms with Gasteiger partial charge in [0, 0.05) is 0 Å². The zero-order valence-electron chi connectivity index (χ0n) is 9.32. The summed E-state index contributed by atoms with van der Waals surface area (Å²) in [5.41, 5.74) is 0. The number of halogens is 1. The lowest BCUT2D eigenvalue weighted by atomic mass is 10.1. The Morgan fingerprint density at radius 1 is 0.917 bits per heavy atom. The first-order valence-electron chi connectivity index (χ1n) is 4.62. The van der Waals surface area contributed by atoms with Crippen molar-refractivity contribution in [3.63, 3.8) is 0 Å². The summed E-state index contributed by atoms with van der Waals surface area (Å²) in [7, 11) is 1.09. The molecule has 0 fully saturated rings. The van der Waals surface area contributed by atoms with E-state index < -0.39 is 0 Å². The molecule has 0 aliphatic carbocycles. The topological polar surface area (TPSA) is 0 Å². The predicted molar refractivity (Wildman–Crippen MR) is 64.3 cm³/mol. The molecule has 0 saturated heterocycles. The molecule has 1 atom stereocenters. The van der Waals surface area contributed by atoms with Crippen molar-refractivity contribution in [3.05, 3.63) is 0 Å². The van der Waals surface area contributed by atoms with E-state index >= 15 is 0 Å². The Bertz CT molecular complexity index is 111. The fraction of sp³-hybridized carbons (Fsp3) is 1.00. The molecule has 0 spiro atoms. The van der Waals surface area contributed by atoms with Crippen LogP contribution in [0.3, 0.4) is 0 Å². The standard InChI is InChI=1S/C10H23P.ClH/c1-7-10(6,8-2)11-9(3,4)5;/h11H,7-8H2,1-6H3;1H. The zero-order valence-corrected chi connectivity index (χ0v) is 11.1. The van der Waals surface area contributed by atoms with Crippen molar-refractivity contribution in [2.24, 2.45) is 0 Å². The van der Waals surface area contributed by atoms with Gasteiger partial charge in [-0.15, -0.1) is 21.0 Å². The first-order valence-corrected chi connectivity index (χ1v) is 5.62. The smallest absolute Gasteiger partial charge is 0.0151 e. The van der Waals surface area contributed by atoms with Gasteiger partial charge in [-0.25, -0.2) is 0 Å². The molecule has 0 rings (SSSR count). The molecule has 76 valence electrons. The Labute approximate surface area is 86.1 Å². The van der Waals surface area contributed by atoms with Gasteiger partial charge >= 0.3 is 0 Å². The Morgan fingerprint density at radius 3 is 1.33 bits per heavy atom. The maximum Gasteiger partial charge on any atom is -0.0151 e. The largest absolute Gasteiger partial charge is 0.147 e. The van der Waals surface area contributed by atoms with Gasteiger partial charge in [0.15, 0.2) is 0 Å². The lowest BCUT2D eigenvalue weighted by Gasteiger charge is -2.34. The third kappa shape index (κ3) is 6.26. The van der Waals surface area contributed by atoms with Crippen LogP contribution < -0.4 is 0 Å². The quantitative estimate of drug-likeness (QED) is 0.604. The zero-order chi connectivity index (χ0) is 9.12. The molecule has 12 heavy (non-hydrogen) atoms. The number of hydrogen-bond donors (Lipinski definition) is 0. The maximum atomic E-state index is 2.41. The van der Waals surface area contributed by atoms with E-state index in [0.717, 1.165) is 8.58 Å². The highest BCUT2D eigenvalue weighted by Crippen LogP contribution is 2.46. The molecule has 0 aromatic heterocycles. The Hall–Kier alpha value is 0.720. The van der Waals surface area contributed by atoms with Gasteiger partial charge in [-0.05, 0) is 23.2 Å². The van der Waals surface area contributed by atoms with Gasteiger partial charge in [0.1, 0.15) is 0 Å². The summed E-state index contributed by atoms with van der Waals surface area (Å²) in [4.78, 5) is 0. The Balaban J connectivity index is 0. The second-order valence-electron chi connectivity index (χ2n) is 4.64. The lowest BCUT2D eigenvalue weighted by Crippen LogP contribution is -2.22. The first kappa shape index (κ1) is 15.2. The summed E-state index contributed by atoms with van der Waals surface area (Å²) in [6, 6.07) is 0. The van der Waals surface area contributed by atoms with Crippen LogP contribution in [0.1, 0.15) is 54.4 Å². The molecule has 0 nitrogen and oxygen atoms in total. The molecule has 0 aliphatic rings. The van der Waals surface area contributed by atoms with Crippen molar-refractivity contribution in [2.75, 3.05) is 0 Å². The molecule has 0 saturated carbocycles. The van der Waals surface area contributed by atoms with Crippen LogP contribution in [0, 0.1) is 0 Å². The summed E-state index contributed by atoms with van der Waals surface area (Å²) in [6.45, 7) is 14.1. The Morgan fingerprint density at radius 2 is 1.25 bits per heavy atom. The fourth-order valence-corrected chi connectivity index (χ4v) is 3.50. The summed E-state index contributed by atoms with van der Waals surface area (Å²) >= 11 is 0. The molecule has 0 bridgehead atoms. The molecule has 2 heteroatoms. The first-order chi connectivity index (χ1) is 4.83. The van der Waals surface area contributed by atoms with Gasteiger partial charge in [0.2, 0.25) is 0 Å². The average molecular weight is 211 g/mol. The van der Waals surface area contributed by atoms with Gasteiger partial charge in [-0.1, -0.05) is 41.5 Å². The van der Waals surface area contributed by atoms with E-state index in [-0.39, 0.29) is 12.4 Å². The van der Waals surface area contributed by atoms with Crippen LogP contribution in [0.5, 0.6) is 0 Å². The molecular formula is C10H24ClP.